The maximum atomic E-state index is 12.4. The summed E-state index contributed by atoms with van der Waals surface area (Å²) in [5.41, 5.74) is 9.78. The number of primary amides is 1. The average molecular weight is 381 g/mol. The minimum atomic E-state index is -0.468. The van der Waals surface area contributed by atoms with Crippen molar-refractivity contribution in [3.05, 3.63) is 84.2 Å². The van der Waals surface area contributed by atoms with Crippen molar-refractivity contribution in [2.75, 3.05) is 4.90 Å². The Morgan fingerprint density at radius 2 is 1.76 bits per heavy atom. The predicted octanol–water partition coefficient (Wildman–Crippen LogP) is 3.11. The summed E-state index contributed by atoms with van der Waals surface area (Å²) in [4.78, 5) is 28.2. The molecule has 2 aromatic heterocycles. The lowest BCUT2D eigenvalue weighted by molar-refractivity contribution is -0.119. The monoisotopic (exact) mass is 381 g/mol. The third-order valence-electron chi connectivity index (χ3n) is 5.35. The van der Waals surface area contributed by atoms with E-state index in [4.69, 9.17) is 15.7 Å². The Morgan fingerprint density at radius 3 is 2.55 bits per heavy atom. The van der Waals surface area contributed by atoms with Crippen LogP contribution < -0.4 is 10.6 Å². The molecule has 0 saturated carbocycles. The number of carbonyl (C=O) groups is 1. The number of amides is 1. The number of hydrogen-bond donors (Lipinski definition) is 1. The van der Waals surface area contributed by atoms with Crippen LogP contribution >= 0.6 is 0 Å². The molecule has 0 aliphatic carbocycles. The number of carbonyl (C=O) groups excluding carboxylic acids is 1. The van der Waals surface area contributed by atoms with Crippen LogP contribution in [0, 0.1) is 0 Å². The molecule has 0 saturated heterocycles. The molecule has 0 unspecified atom stereocenters. The highest BCUT2D eigenvalue weighted by molar-refractivity contribution is 5.94. The van der Waals surface area contributed by atoms with Gasteiger partial charge in [-0.05, 0) is 35.4 Å². The first-order valence-corrected chi connectivity index (χ1v) is 9.50. The molecular formula is C23H19N5O. The lowest BCUT2D eigenvalue weighted by atomic mass is 9.93. The highest BCUT2D eigenvalue weighted by atomic mass is 16.1. The van der Waals surface area contributed by atoms with Gasteiger partial charge < -0.3 is 10.6 Å². The molecule has 2 aromatic carbocycles. The van der Waals surface area contributed by atoms with E-state index in [1.54, 1.807) is 12.4 Å². The Bertz CT molecular complexity index is 1210. The molecule has 29 heavy (non-hydrogen) atoms. The van der Waals surface area contributed by atoms with Crippen LogP contribution in [-0.4, -0.2) is 26.9 Å². The number of nitrogens with zero attached hydrogens (tertiary/aromatic N) is 4. The van der Waals surface area contributed by atoms with Crippen LogP contribution in [0.1, 0.15) is 11.1 Å². The topological polar surface area (TPSA) is 85.0 Å². The van der Waals surface area contributed by atoms with Gasteiger partial charge in [0, 0.05) is 36.3 Å². The second-order valence-electron chi connectivity index (χ2n) is 7.15. The molecule has 3 heterocycles. The summed E-state index contributed by atoms with van der Waals surface area (Å²) in [5, 5.41) is 0.894. The van der Waals surface area contributed by atoms with Crippen molar-refractivity contribution >= 4 is 22.6 Å². The molecule has 4 aromatic rings. The van der Waals surface area contributed by atoms with Gasteiger partial charge in [-0.25, -0.2) is 9.97 Å². The number of benzene rings is 2. The van der Waals surface area contributed by atoms with E-state index in [-0.39, 0.29) is 5.91 Å². The van der Waals surface area contributed by atoms with Gasteiger partial charge in [0.15, 0.2) is 5.82 Å². The fourth-order valence-corrected chi connectivity index (χ4v) is 3.90. The lowest BCUT2D eigenvalue weighted by Crippen LogP contribution is -2.49. The molecular weight excluding hydrogens is 362 g/mol. The van der Waals surface area contributed by atoms with E-state index in [0.717, 1.165) is 22.0 Å². The Balaban J connectivity index is 1.71. The van der Waals surface area contributed by atoms with Gasteiger partial charge in [-0.1, -0.05) is 36.4 Å². The van der Waals surface area contributed by atoms with E-state index < -0.39 is 6.04 Å². The molecule has 0 spiro atoms. The molecule has 1 amide bonds. The van der Waals surface area contributed by atoms with Gasteiger partial charge in [-0.15, -0.1) is 0 Å². The van der Waals surface area contributed by atoms with Gasteiger partial charge in [-0.2, -0.15) is 0 Å². The van der Waals surface area contributed by atoms with Gasteiger partial charge >= 0.3 is 0 Å². The van der Waals surface area contributed by atoms with E-state index in [0.29, 0.717) is 24.6 Å². The largest absolute Gasteiger partial charge is 0.368 e. The molecule has 2 N–H and O–H groups in total. The van der Waals surface area contributed by atoms with E-state index in [9.17, 15) is 4.79 Å². The molecule has 6 nitrogen and oxygen atoms in total. The first-order valence-electron chi connectivity index (χ1n) is 9.50. The van der Waals surface area contributed by atoms with Crippen molar-refractivity contribution in [3.8, 4) is 11.4 Å². The summed E-state index contributed by atoms with van der Waals surface area (Å²) in [5.74, 6) is 0.937. The van der Waals surface area contributed by atoms with E-state index in [1.165, 1.54) is 5.56 Å². The molecule has 5 rings (SSSR count). The quantitative estimate of drug-likeness (QED) is 0.589. The summed E-state index contributed by atoms with van der Waals surface area (Å²) in [6.45, 7) is 0.567. The molecule has 0 fully saturated rings. The number of aromatic nitrogens is 3. The number of pyridine rings is 1. The molecule has 0 radical (unpaired) electrons. The van der Waals surface area contributed by atoms with Crippen LogP contribution in [0.4, 0.5) is 5.82 Å². The Kier molecular flexibility index (Phi) is 4.17. The number of hydrogen-bond acceptors (Lipinski definition) is 5. The number of anilines is 1. The molecule has 142 valence electrons. The molecule has 6 heteroatoms. The zero-order valence-electron chi connectivity index (χ0n) is 15.7. The minimum Gasteiger partial charge on any atom is -0.368 e. The Hall–Kier alpha value is -3.80. The Morgan fingerprint density at radius 1 is 0.966 bits per heavy atom. The van der Waals surface area contributed by atoms with Crippen molar-refractivity contribution in [3.63, 3.8) is 0 Å². The van der Waals surface area contributed by atoms with E-state index in [1.807, 2.05) is 53.4 Å². The zero-order chi connectivity index (χ0) is 19.8. The smallest absolute Gasteiger partial charge is 0.240 e. The lowest BCUT2D eigenvalue weighted by Gasteiger charge is -2.36. The summed E-state index contributed by atoms with van der Waals surface area (Å²) < 4.78 is 0. The van der Waals surface area contributed by atoms with Crippen molar-refractivity contribution in [2.45, 2.75) is 19.0 Å². The van der Waals surface area contributed by atoms with Crippen LogP contribution in [0.5, 0.6) is 0 Å². The minimum absolute atomic E-state index is 0.356. The SMILES string of the molecule is NC(=O)[C@H]1Cc2ccccc2CN1c1nc(-c2cccnc2)nc2ccccc12. The van der Waals surface area contributed by atoms with Gasteiger partial charge in [0.2, 0.25) is 5.91 Å². The normalized spacial score (nSPS) is 15.9. The maximum absolute atomic E-state index is 12.4. The number of para-hydroxylation sites is 1. The highest BCUT2D eigenvalue weighted by Gasteiger charge is 2.32. The van der Waals surface area contributed by atoms with Crippen molar-refractivity contribution in [1.82, 2.24) is 15.0 Å². The van der Waals surface area contributed by atoms with Crippen molar-refractivity contribution < 1.29 is 4.79 Å². The van der Waals surface area contributed by atoms with Crippen LogP contribution in [0.3, 0.4) is 0 Å². The van der Waals surface area contributed by atoms with Crippen LogP contribution in [0.25, 0.3) is 22.3 Å². The predicted molar refractivity (Wildman–Crippen MR) is 112 cm³/mol. The van der Waals surface area contributed by atoms with Gasteiger partial charge in [0.05, 0.1) is 5.52 Å². The van der Waals surface area contributed by atoms with Crippen molar-refractivity contribution in [1.29, 1.82) is 0 Å². The molecule has 1 aliphatic heterocycles. The van der Waals surface area contributed by atoms with Crippen LogP contribution in [-0.2, 0) is 17.8 Å². The second-order valence-corrected chi connectivity index (χ2v) is 7.15. The molecule has 0 bridgehead atoms. The second kappa shape index (κ2) is 6.98. The fourth-order valence-electron chi connectivity index (χ4n) is 3.90. The van der Waals surface area contributed by atoms with Crippen LogP contribution in [0.15, 0.2) is 73.1 Å². The maximum Gasteiger partial charge on any atom is 0.240 e. The molecule has 1 aliphatic rings. The fraction of sp³-hybridized carbons (Fsp3) is 0.130. The number of fused-ring (bicyclic) bond motifs is 2. The Labute approximate surface area is 168 Å². The first-order chi connectivity index (χ1) is 14.2. The highest BCUT2D eigenvalue weighted by Crippen LogP contribution is 2.33. The van der Waals surface area contributed by atoms with E-state index >= 15 is 0 Å². The van der Waals surface area contributed by atoms with Gasteiger partial charge in [-0.3, -0.25) is 9.78 Å². The van der Waals surface area contributed by atoms with Gasteiger partial charge in [0.25, 0.3) is 0 Å². The summed E-state index contributed by atoms with van der Waals surface area (Å²) in [6, 6.07) is 19.3. The standard InChI is InChI=1S/C23H19N5O/c24-21(29)20-12-15-6-1-2-7-17(15)14-28(20)23-18-9-3-4-10-19(18)26-22(27-23)16-8-5-11-25-13-16/h1-11,13,20H,12,14H2,(H2,24,29)/t20-/m1/s1. The summed E-state index contributed by atoms with van der Waals surface area (Å²) in [6.07, 6.45) is 4.02. The summed E-state index contributed by atoms with van der Waals surface area (Å²) >= 11 is 0. The molecule has 1 atom stereocenters. The number of rotatable bonds is 3. The van der Waals surface area contributed by atoms with Crippen molar-refractivity contribution in [2.24, 2.45) is 5.73 Å². The average Bonchev–Trinajstić information content (AvgIpc) is 2.78. The first kappa shape index (κ1) is 17.3. The third-order valence-corrected chi connectivity index (χ3v) is 5.35. The van der Waals surface area contributed by atoms with E-state index in [2.05, 4.69) is 17.1 Å². The third kappa shape index (κ3) is 3.08. The van der Waals surface area contributed by atoms with Gasteiger partial charge in [0.1, 0.15) is 11.9 Å². The zero-order valence-corrected chi connectivity index (χ0v) is 15.7. The van der Waals surface area contributed by atoms with Crippen LogP contribution in [0.2, 0.25) is 0 Å². The number of nitrogens with two attached hydrogens (primary N) is 1. The summed E-state index contributed by atoms with van der Waals surface area (Å²) in [7, 11) is 0.